The zero-order chi connectivity index (χ0) is 18.0. The Morgan fingerprint density at radius 1 is 1.08 bits per heavy atom. The van der Waals surface area contributed by atoms with Gasteiger partial charge in [0.2, 0.25) is 6.29 Å². The summed E-state index contributed by atoms with van der Waals surface area (Å²) in [5, 5.41) is 18.8. The molecule has 138 valence electrons. The normalized spacial score (nSPS) is 46.3. The minimum atomic E-state index is -1.83. The number of carbonyl (C=O) groups is 2. The third-order valence-electron chi connectivity index (χ3n) is 8.56. The van der Waals surface area contributed by atoms with Crippen LogP contribution >= 0.6 is 0 Å². The van der Waals surface area contributed by atoms with E-state index in [1.54, 1.807) is 0 Å². The molecule has 4 heteroatoms. The number of Topliss-reactive ketones (excluding diaryl/α,β-unsaturated/α-hetero) is 1. The van der Waals surface area contributed by atoms with Crippen LogP contribution in [0.3, 0.4) is 0 Å². The Balaban J connectivity index is 1.64. The molecule has 6 atom stereocenters. The van der Waals surface area contributed by atoms with E-state index in [2.05, 4.69) is 13.8 Å². The second-order valence-corrected chi connectivity index (χ2v) is 9.42. The van der Waals surface area contributed by atoms with Crippen molar-refractivity contribution < 1.29 is 19.8 Å². The SMILES string of the molecule is C[C@]12CC[C@H]3[C@@H](CCC4=CC(=O)CC[C@@]43C)[C@@H]1CC[C@@H]2C(=O)C(O)O. The summed E-state index contributed by atoms with van der Waals surface area (Å²) in [6.07, 6.45) is 7.75. The lowest BCUT2D eigenvalue weighted by Crippen LogP contribution is -2.51. The molecule has 0 aromatic carbocycles. The fraction of sp³-hybridized carbons (Fsp3) is 0.810. The Morgan fingerprint density at radius 3 is 2.56 bits per heavy atom. The molecule has 0 amide bonds. The van der Waals surface area contributed by atoms with Gasteiger partial charge in [0.25, 0.3) is 0 Å². The lowest BCUT2D eigenvalue weighted by molar-refractivity contribution is -0.156. The van der Waals surface area contributed by atoms with Crippen molar-refractivity contribution in [3.05, 3.63) is 11.6 Å². The van der Waals surface area contributed by atoms with Gasteiger partial charge >= 0.3 is 0 Å². The second-order valence-electron chi connectivity index (χ2n) is 9.42. The summed E-state index contributed by atoms with van der Waals surface area (Å²) in [7, 11) is 0. The van der Waals surface area contributed by atoms with Crippen LogP contribution in [0.5, 0.6) is 0 Å². The molecule has 0 saturated heterocycles. The van der Waals surface area contributed by atoms with Gasteiger partial charge in [-0.05, 0) is 79.6 Å². The lowest BCUT2D eigenvalue weighted by atomic mass is 9.46. The van der Waals surface area contributed by atoms with Crippen LogP contribution < -0.4 is 0 Å². The summed E-state index contributed by atoms with van der Waals surface area (Å²) >= 11 is 0. The van der Waals surface area contributed by atoms with Crippen molar-refractivity contribution >= 4 is 11.6 Å². The van der Waals surface area contributed by atoms with Crippen LogP contribution in [-0.2, 0) is 9.59 Å². The molecule has 3 saturated carbocycles. The molecule has 0 unspecified atom stereocenters. The van der Waals surface area contributed by atoms with E-state index in [1.165, 1.54) is 5.57 Å². The highest BCUT2D eigenvalue weighted by atomic mass is 16.5. The molecule has 0 bridgehead atoms. The first-order valence-corrected chi connectivity index (χ1v) is 9.91. The lowest BCUT2D eigenvalue weighted by Gasteiger charge is -2.58. The predicted octanol–water partition coefficient (Wildman–Crippen LogP) is 3.01. The van der Waals surface area contributed by atoms with Crippen molar-refractivity contribution in [1.82, 2.24) is 0 Å². The fourth-order valence-electron chi connectivity index (χ4n) is 7.21. The van der Waals surface area contributed by atoms with Crippen LogP contribution in [0.15, 0.2) is 11.6 Å². The molecular formula is C21H30O4. The van der Waals surface area contributed by atoms with E-state index in [0.29, 0.717) is 24.2 Å². The van der Waals surface area contributed by atoms with Gasteiger partial charge in [0.1, 0.15) is 0 Å². The van der Waals surface area contributed by atoms with Crippen molar-refractivity contribution in [2.24, 2.45) is 34.5 Å². The number of hydrogen-bond donors (Lipinski definition) is 2. The van der Waals surface area contributed by atoms with Crippen molar-refractivity contribution in [2.45, 2.75) is 71.5 Å². The van der Waals surface area contributed by atoms with Gasteiger partial charge < -0.3 is 10.2 Å². The number of aliphatic hydroxyl groups is 2. The number of rotatable bonds is 2. The van der Waals surface area contributed by atoms with Crippen molar-refractivity contribution in [1.29, 1.82) is 0 Å². The monoisotopic (exact) mass is 346 g/mol. The van der Waals surface area contributed by atoms with Gasteiger partial charge in [0.15, 0.2) is 11.6 Å². The minimum Gasteiger partial charge on any atom is -0.362 e. The van der Waals surface area contributed by atoms with Crippen LogP contribution in [0.4, 0.5) is 0 Å². The fourth-order valence-corrected chi connectivity index (χ4v) is 7.21. The molecule has 4 aliphatic carbocycles. The van der Waals surface area contributed by atoms with E-state index < -0.39 is 6.29 Å². The zero-order valence-electron chi connectivity index (χ0n) is 15.3. The topological polar surface area (TPSA) is 74.6 Å². The smallest absolute Gasteiger partial charge is 0.213 e. The molecule has 0 heterocycles. The third-order valence-corrected chi connectivity index (χ3v) is 8.56. The van der Waals surface area contributed by atoms with Gasteiger partial charge in [-0.3, -0.25) is 9.59 Å². The molecule has 2 N–H and O–H groups in total. The first kappa shape index (κ1) is 17.4. The summed E-state index contributed by atoms with van der Waals surface area (Å²) < 4.78 is 0. The van der Waals surface area contributed by atoms with Gasteiger partial charge in [-0.25, -0.2) is 0 Å². The molecule has 0 aliphatic heterocycles. The van der Waals surface area contributed by atoms with E-state index in [0.717, 1.165) is 44.9 Å². The number of fused-ring (bicyclic) bond motifs is 5. The first-order valence-electron chi connectivity index (χ1n) is 9.91. The summed E-state index contributed by atoms with van der Waals surface area (Å²) in [6, 6.07) is 0. The summed E-state index contributed by atoms with van der Waals surface area (Å²) in [5.74, 6) is 1.39. The maximum atomic E-state index is 12.3. The average Bonchev–Trinajstić information content (AvgIpc) is 2.92. The van der Waals surface area contributed by atoms with Crippen LogP contribution in [0, 0.1) is 34.5 Å². The summed E-state index contributed by atoms with van der Waals surface area (Å²) in [5.41, 5.74) is 1.42. The quantitative estimate of drug-likeness (QED) is 0.754. The van der Waals surface area contributed by atoms with Crippen molar-refractivity contribution in [3.8, 4) is 0 Å². The Morgan fingerprint density at radius 2 is 1.84 bits per heavy atom. The maximum absolute atomic E-state index is 12.3. The second kappa shape index (κ2) is 5.75. The van der Waals surface area contributed by atoms with Crippen LogP contribution in [-0.4, -0.2) is 28.1 Å². The minimum absolute atomic E-state index is 0.0932. The molecule has 4 aliphatic rings. The van der Waals surface area contributed by atoms with Gasteiger partial charge in [-0.1, -0.05) is 19.4 Å². The van der Waals surface area contributed by atoms with Crippen molar-refractivity contribution in [3.63, 3.8) is 0 Å². The Bertz CT molecular complexity index is 636. The number of hydrogen-bond acceptors (Lipinski definition) is 4. The van der Waals surface area contributed by atoms with Crippen molar-refractivity contribution in [2.75, 3.05) is 0 Å². The molecule has 4 rings (SSSR count). The largest absolute Gasteiger partial charge is 0.362 e. The molecule has 0 aromatic rings. The van der Waals surface area contributed by atoms with Gasteiger partial charge in [0.05, 0.1) is 0 Å². The molecule has 3 fully saturated rings. The Kier molecular flexibility index (Phi) is 4.01. The van der Waals surface area contributed by atoms with Crippen LogP contribution in [0.1, 0.15) is 65.2 Å². The Hall–Kier alpha value is -1.00. The molecule has 0 radical (unpaired) electrons. The third kappa shape index (κ3) is 2.40. The highest BCUT2D eigenvalue weighted by Gasteiger charge is 2.60. The van der Waals surface area contributed by atoms with E-state index in [9.17, 15) is 19.8 Å². The average molecular weight is 346 g/mol. The standard InChI is InChI=1S/C21H30O4/c1-20-9-7-13(22)11-12(20)3-4-14-15-5-6-17(18(23)19(24)25)21(15,2)10-8-16(14)20/h11,14-17,19,24-25H,3-10H2,1-2H3/t14-,15-,16-,17+,20-,21-/m0/s1. The molecule has 4 nitrogen and oxygen atoms in total. The van der Waals surface area contributed by atoms with E-state index >= 15 is 0 Å². The molecular weight excluding hydrogens is 316 g/mol. The van der Waals surface area contributed by atoms with E-state index in [4.69, 9.17) is 0 Å². The summed E-state index contributed by atoms with van der Waals surface area (Å²) in [4.78, 5) is 24.2. The predicted molar refractivity (Wildman–Crippen MR) is 93.4 cm³/mol. The highest BCUT2D eigenvalue weighted by molar-refractivity contribution is 5.91. The number of carbonyl (C=O) groups excluding carboxylic acids is 2. The zero-order valence-corrected chi connectivity index (χ0v) is 15.3. The molecule has 0 spiro atoms. The molecule has 0 aromatic heterocycles. The van der Waals surface area contributed by atoms with E-state index in [-0.39, 0.29) is 28.3 Å². The van der Waals surface area contributed by atoms with Gasteiger partial charge in [0, 0.05) is 12.3 Å². The maximum Gasteiger partial charge on any atom is 0.213 e. The summed E-state index contributed by atoms with van der Waals surface area (Å²) in [6.45, 7) is 4.57. The van der Waals surface area contributed by atoms with E-state index in [1.807, 2.05) is 6.08 Å². The van der Waals surface area contributed by atoms with Crippen LogP contribution in [0.25, 0.3) is 0 Å². The number of allylic oxidation sites excluding steroid dienone is 1. The number of ketones is 2. The first-order chi connectivity index (χ1) is 11.8. The highest BCUT2D eigenvalue weighted by Crippen LogP contribution is 2.66. The van der Waals surface area contributed by atoms with Gasteiger partial charge in [-0.2, -0.15) is 0 Å². The Labute approximate surface area is 149 Å². The molecule has 25 heavy (non-hydrogen) atoms. The van der Waals surface area contributed by atoms with Crippen LogP contribution in [0.2, 0.25) is 0 Å². The van der Waals surface area contributed by atoms with Gasteiger partial charge in [-0.15, -0.1) is 0 Å². The number of aliphatic hydroxyl groups excluding tert-OH is 1.